The van der Waals surface area contributed by atoms with Gasteiger partial charge in [-0.25, -0.2) is 0 Å². The van der Waals surface area contributed by atoms with Crippen LogP contribution in [0.15, 0.2) is 12.2 Å². The third-order valence-corrected chi connectivity index (χ3v) is 10.1. The van der Waals surface area contributed by atoms with Gasteiger partial charge in [0.25, 0.3) is 0 Å². The molecule has 2 aliphatic rings. The van der Waals surface area contributed by atoms with Crippen LogP contribution in [0.25, 0.3) is 0 Å². The predicted octanol–water partition coefficient (Wildman–Crippen LogP) is 3.58. The van der Waals surface area contributed by atoms with Crippen LogP contribution >= 0.6 is 0 Å². The molecule has 0 aromatic rings. The van der Waals surface area contributed by atoms with Gasteiger partial charge in [0.2, 0.25) is 0 Å². The number of rotatable bonds is 2. The topological polar surface area (TPSA) is 54.0 Å². The van der Waals surface area contributed by atoms with E-state index in [0.717, 1.165) is 0 Å². The van der Waals surface area contributed by atoms with Crippen molar-refractivity contribution in [1.82, 2.24) is 0 Å². The molecule has 2 aliphatic heterocycles. The standard InChI is InChI=1S/C18H32O5Si/c1-12(16(19)20-8)13-9-10-14-15(22-13)11-21-24(23-14,17(2,3)4)18(5,6)7/h9-10,12-15H,11H2,1-8H3/t12-,13+,14+,15+/m0/s1. The maximum Gasteiger partial charge on any atom is 0.349 e. The first-order valence-electron chi connectivity index (χ1n) is 8.66. The van der Waals surface area contributed by atoms with Crippen molar-refractivity contribution in [2.45, 2.75) is 76.9 Å². The number of ether oxygens (including phenoxy) is 2. The average molecular weight is 357 g/mol. The molecule has 1 fully saturated rings. The van der Waals surface area contributed by atoms with Crippen molar-refractivity contribution in [3.63, 3.8) is 0 Å². The molecule has 0 bridgehead atoms. The Balaban J connectivity index is 2.22. The summed E-state index contributed by atoms with van der Waals surface area (Å²) >= 11 is 0. The second-order valence-corrected chi connectivity index (χ2v) is 13.6. The number of fused-ring (bicyclic) bond motifs is 1. The molecule has 6 heteroatoms. The number of methoxy groups -OCH3 is 1. The Morgan fingerprint density at radius 2 is 1.75 bits per heavy atom. The fourth-order valence-electron chi connectivity index (χ4n) is 3.86. The summed E-state index contributed by atoms with van der Waals surface area (Å²) in [6.07, 6.45) is 3.37. The van der Waals surface area contributed by atoms with Crippen molar-refractivity contribution in [2.24, 2.45) is 5.92 Å². The normalized spacial score (nSPS) is 31.2. The van der Waals surface area contributed by atoms with E-state index in [1.807, 2.05) is 19.1 Å². The lowest BCUT2D eigenvalue weighted by Crippen LogP contribution is -2.65. The molecule has 2 heterocycles. The molecular formula is C18H32O5Si. The Morgan fingerprint density at radius 1 is 1.17 bits per heavy atom. The van der Waals surface area contributed by atoms with E-state index in [4.69, 9.17) is 18.3 Å². The van der Waals surface area contributed by atoms with E-state index in [1.54, 1.807) is 0 Å². The van der Waals surface area contributed by atoms with Crippen molar-refractivity contribution in [1.29, 1.82) is 0 Å². The fraction of sp³-hybridized carbons (Fsp3) is 0.833. The second kappa shape index (κ2) is 6.55. The third-order valence-electron chi connectivity index (χ3n) is 4.98. The lowest BCUT2D eigenvalue weighted by molar-refractivity contribution is -0.158. The Labute approximate surface area is 146 Å². The van der Waals surface area contributed by atoms with Crippen molar-refractivity contribution in [3.05, 3.63) is 12.2 Å². The van der Waals surface area contributed by atoms with Crippen LogP contribution in [0.5, 0.6) is 0 Å². The van der Waals surface area contributed by atoms with Gasteiger partial charge in [0.1, 0.15) is 6.10 Å². The summed E-state index contributed by atoms with van der Waals surface area (Å²) in [5.41, 5.74) is 0. The lowest BCUT2D eigenvalue weighted by Gasteiger charge is -2.55. The van der Waals surface area contributed by atoms with Crippen molar-refractivity contribution in [3.8, 4) is 0 Å². The summed E-state index contributed by atoms with van der Waals surface area (Å²) in [6.45, 7) is 15.5. The minimum absolute atomic E-state index is 0.0553. The first kappa shape index (κ1) is 19.6. The second-order valence-electron chi connectivity index (χ2n) is 8.85. The molecule has 4 atom stereocenters. The summed E-state index contributed by atoms with van der Waals surface area (Å²) in [6, 6.07) is 0. The van der Waals surface area contributed by atoms with Crippen molar-refractivity contribution in [2.75, 3.05) is 13.7 Å². The summed E-state index contributed by atoms with van der Waals surface area (Å²) < 4.78 is 23.9. The van der Waals surface area contributed by atoms with E-state index >= 15 is 0 Å². The largest absolute Gasteiger partial charge is 0.469 e. The average Bonchev–Trinajstić information content (AvgIpc) is 2.50. The van der Waals surface area contributed by atoms with Crippen LogP contribution in [0.1, 0.15) is 48.5 Å². The van der Waals surface area contributed by atoms with Crippen molar-refractivity contribution >= 4 is 14.5 Å². The maximum absolute atomic E-state index is 11.7. The SMILES string of the molecule is COC(=O)[C@@H](C)[C@H]1C=C[C@H]2O[Si](C(C)(C)C)(C(C)(C)C)OC[C@H]2O1. The maximum atomic E-state index is 11.7. The minimum Gasteiger partial charge on any atom is -0.469 e. The third kappa shape index (κ3) is 3.34. The smallest absolute Gasteiger partial charge is 0.349 e. The van der Waals surface area contributed by atoms with Crippen LogP contribution in [0.3, 0.4) is 0 Å². The molecule has 24 heavy (non-hydrogen) atoms. The van der Waals surface area contributed by atoms with Gasteiger partial charge >= 0.3 is 14.5 Å². The Kier molecular flexibility index (Phi) is 5.36. The highest BCUT2D eigenvalue weighted by Crippen LogP contribution is 2.54. The highest BCUT2D eigenvalue weighted by atomic mass is 28.4. The molecule has 0 N–H and O–H groups in total. The van der Waals surface area contributed by atoms with Gasteiger partial charge in [0.15, 0.2) is 0 Å². The first-order chi connectivity index (χ1) is 10.9. The van der Waals surface area contributed by atoms with Gasteiger partial charge in [0, 0.05) is 10.1 Å². The Morgan fingerprint density at radius 3 is 2.25 bits per heavy atom. The van der Waals surface area contributed by atoms with Crippen LogP contribution in [-0.2, 0) is 23.1 Å². The van der Waals surface area contributed by atoms with Gasteiger partial charge in [-0.05, 0) is 6.92 Å². The number of carbonyl (C=O) groups excluding carboxylic acids is 1. The summed E-state index contributed by atoms with van der Waals surface area (Å²) in [4.78, 5) is 11.7. The Hall–Kier alpha value is -0.693. The zero-order valence-electron chi connectivity index (χ0n) is 16.2. The quantitative estimate of drug-likeness (QED) is 0.430. The summed E-state index contributed by atoms with van der Waals surface area (Å²) in [7, 11) is -1.10. The van der Waals surface area contributed by atoms with E-state index < -0.39 is 8.56 Å². The molecule has 0 spiro atoms. The molecule has 5 nitrogen and oxygen atoms in total. The monoisotopic (exact) mass is 356 g/mol. The molecule has 0 aromatic carbocycles. The number of hydrogen-bond acceptors (Lipinski definition) is 5. The van der Waals surface area contributed by atoms with Crippen LogP contribution in [0.4, 0.5) is 0 Å². The predicted molar refractivity (Wildman–Crippen MR) is 95.0 cm³/mol. The zero-order valence-corrected chi connectivity index (χ0v) is 17.2. The molecule has 0 radical (unpaired) electrons. The van der Waals surface area contributed by atoms with Crippen LogP contribution in [0.2, 0.25) is 10.1 Å². The van der Waals surface area contributed by atoms with E-state index in [1.165, 1.54) is 7.11 Å². The van der Waals surface area contributed by atoms with Gasteiger partial charge in [-0.3, -0.25) is 4.79 Å². The van der Waals surface area contributed by atoms with Gasteiger partial charge in [0.05, 0.1) is 31.8 Å². The molecule has 0 aromatic heterocycles. The van der Waals surface area contributed by atoms with Crippen molar-refractivity contribution < 1.29 is 23.1 Å². The van der Waals surface area contributed by atoms with E-state index in [0.29, 0.717) is 6.61 Å². The molecule has 0 aliphatic carbocycles. The van der Waals surface area contributed by atoms with Gasteiger partial charge in [-0.15, -0.1) is 0 Å². The summed E-state index contributed by atoms with van der Waals surface area (Å²) in [5, 5.41) is -0.111. The Bertz CT molecular complexity index is 489. The molecule has 1 saturated heterocycles. The van der Waals surface area contributed by atoms with Gasteiger partial charge < -0.3 is 18.3 Å². The molecule has 0 amide bonds. The number of esters is 1. The van der Waals surface area contributed by atoms with E-state index in [9.17, 15) is 4.79 Å². The molecule has 2 rings (SSSR count). The number of hydrogen-bond donors (Lipinski definition) is 0. The van der Waals surface area contributed by atoms with Crippen LogP contribution < -0.4 is 0 Å². The van der Waals surface area contributed by atoms with Gasteiger partial charge in [-0.2, -0.15) is 0 Å². The minimum atomic E-state index is -2.49. The lowest BCUT2D eigenvalue weighted by atomic mass is 10.00. The zero-order chi connectivity index (χ0) is 18.3. The molecular weight excluding hydrogens is 324 g/mol. The number of carbonyl (C=O) groups is 1. The van der Waals surface area contributed by atoms with E-state index in [-0.39, 0.29) is 40.3 Å². The van der Waals surface area contributed by atoms with Crippen LogP contribution in [-0.4, -0.2) is 46.6 Å². The summed E-state index contributed by atoms with van der Waals surface area (Å²) in [5.74, 6) is -0.616. The highest BCUT2D eigenvalue weighted by Gasteiger charge is 2.62. The molecule has 0 unspecified atom stereocenters. The first-order valence-corrected chi connectivity index (χ1v) is 10.5. The molecule has 138 valence electrons. The molecule has 0 saturated carbocycles. The highest BCUT2D eigenvalue weighted by molar-refractivity contribution is 6.73. The van der Waals surface area contributed by atoms with E-state index in [2.05, 4.69) is 41.5 Å². The van der Waals surface area contributed by atoms with Crippen LogP contribution in [0, 0.1) is 5.92 Å². The van der Waals surface area contributed by atoms with Gasteiger partial charge in [-0.1, -0.05) is 53.7 Å². The fourth-order valence-corrected chi connectivity index (χ4v) is 8.76.